The molecule has 0 bridgehead atoms. The summed E-state index contributed by atoms with van der Waals surface area (Å²) in [6.07, 6.45) is 1.78. The second-order valence-electron chi connectivity index (χ2n) is 7.15. The molecule has 0 fully saturated rings. The van der Waals surface area contributed by atoms with Crippen molar-refractivity contribution in [2.45, 2.75) is 13.5 Å². The fourth-order valence-electron chi connectivity index (χ4n) is 3.58. The number of carbonyl (C=O) groups is 1. The Balaban J connectivity index is 1.52. The minimum atomic E-state index is -0.935. The third-order valence-corrected chi connectivity index (χ3v) is 5.11. The SMILES string of the molecule is Cc1cc(-c2ccc3nnn(Cc4ccc5ncccc5c4)c3n2)ccc1C(=O)O. The number of hydrogen-bond acceptors (Lipinski definition) is 5. The third-order valence-electron chi connectivity index (χ3n) is 5.11. The highest BCUT2D eigenvalue weighted by molar-refractivity contribution is 5.90. The van der Waals surface area contributed by atoms with Crippen LogP contribution in [0.2, 0.25) is 0 Å². The fourth-order valence-corrected chi connectivity index (χ4v) is 3.58. The van der Waals surface area contributed by atoms with Gasteiger partial charge in [-0.15, -0.1) is 5.10 Å². The first kappa shape index (κ1) is 17.9. The summed E-state index contributed by atoms with van der Waals surface area (Å²) in [5, 5.41) is 18.8. The molecular weight excluding hydrogens is 378 g/mol. The van der Waals surface area contributed by atoms with E-state index in [0.717, 1.165) is 27.7 Å². The molecule has 146 valence electrons. The van der Waals surface area contributed by atoms with Gasteiger partial charge in [0.1, 0.15) is 5.52 Å². The average molecular weight is 395 g/mol. The van der Waals surface area contributed by atoms with E-state index < -0.39 is 5.97 Å². The number of nitrogens with zero attached hydrogens (tertiary/aromatic N) is 5. The molecule has 2 aromatic carbocycles. The van der Waals surface area contributed by atoms with E-state index in [4.69, 9.17) is 4.98 Å². The van der Waals surface area contributed by atoms with Gasteiger partial charge < -0.3 is 5.11 Å². The van der Waals surface area contributed by atoms with Gasteiger partial charge >= 0.3 is 5.97 Å². The Morgan fingerprint density at radius 3 is 2.73 bits per heavy atom. The lowest BCUT2D eigenvalue weighted by atomic mass is 10.0. The van der Waals surface area contributed by atoms with Crippen molar-refractivity contribution >= 4 is 28.0 Å². The Labute approximate surface area is 171 Å². The monoisotopic (exact) mass is 395 g/mol. The number of fused-ring (bicyclic) bond motifs is 2. The summed E-state index contributed by atoms with van der Waals surface area (Å²) in [4.78, 5) is 20.4. The maximum Gasteiger partial charge on any atom is 0.335 e. The summed E-state index contributed by atoms with van der Waals surface area (Å²) in [7, 11) is 0. The number of benzene rings is 2. The van der Waals surface area contributed by atoms with E-state index in [9.17, 15) is 9.90 Å². The number of rotatable bonds is 4. The van der Waals surface area contributed by atoms with Crippen LogP contribution in [0.1, 0.15) is 21.5 Å². The van der Waals surface area contributed by atoms with E-state index in [0.29, 0.717) is 23.3 Å². The van der Waals surface area contributed by atoms with E-state index in [1.54, 1.807) is 29.9 Å². The van der Waals surface area contributed by atoms with Crippen molar-refractivity contribution in [3.63, 3.8) is 0 Å². The lowest BCUT2D eigenvalue weighted by molar-refractivity contribution is 0.0696. The lowest BCUT2D eigenvalue weighted by Gasteiger charge is -2.07. The molecule has 5 rings (SSSR count). The molecule has 0 aliphatic heterocycles. The van der Waals surface area contributed by atoms with Gasteiger partial charge in [0.2, 0.25) is 0 Å². The van der Waals surface area contributed by atoms with Gasteiger partial charge in [-0.2, -0.15) is 0 Å². The first-order valence-electron chi connectivity index (χ1n) is 9.47. The lowest BCUT2D eigenvalue weighted by Crippen LogP contribution is -2.03. The second kappa shape index (κ2) is 7.04. The molecule has 7 heteroatoms. The minimum Gasteiger partial charge on any atom is -0.478 e. The smallest absolute Gasteiger partial charge is 0.335 e. The molecule has 3 aromatic heterocycles. The highest BCUT2D eigenvalue weighted by atomic mass is 16.4. The maximum atomic E-state index is 11.3. The number of carboxylic acid groups (broad SMARTS) is 1. The summed E-state index contributed by atoms with van der Waals surface area (Å²) in [5.74, 6) is -0.935. The summed E-state index contributed by atoms with van der Waals surface area (Å²) < 4.78 is 1.77. The maximum absolute atomic E-state index is 11.3. The van der Waals surface area contributed by atoms with Crippen LogP contribution in [-0.2, 0) is 6.54 Å². The van der Waals surface area contributed by atoms with Crippen molar-refractivity contribution in [3.05, 3.63) is 83.6 Å². The molecule has 3 heterocycles. The van der Waals surface area contributed by atoms with E-state index >= 15 is 0 Å². The van der Waals surface area contributed by atoms with Gasteiger partial charge in [0.25, 0.3) is 0 Å². The minimum absolute atomic E-state index is 0.289. The molecule has 7 nitrogen and oxygen atoms in total. The Kier molecular flexibility index (Phi) is 4.21. The molecular formula is C23H17N5O2. The number of aromatic carboxylic acids is 1. The molecule has 0 atom stereocenters. The summed E-state index contributed by atoms with van der Waals surface area (Å²) in [5.41, 5.74) is 5.99. The van der Waals surface area contributed by atoms with Crippen molar-refractivity contribution in [2.75, 3.05) is 0 Å². The molecule has 0 aliphatic carbocycles. The van der Waals surface area contributed by atoms with Gasteiger partial charge in [0.15, 0.2) is 5.65 Å². The third kappa shape index (κ3) is 3.16. The molecule has 0 radical (unpaired) electrons. The van der Waals surface area contributed by atoms with Gasteiger partial charge in [-0.1, -0.05) is 23.4 Å². The van der Waals surface area contributed by atoms with E-state index in [-0.39, 0.29) is 5.56 Å². The molecule has 1 N–H and O–H groups in total. The molecule has 0 aliphatic rings. The first-order valence-corrected chi connectivity index (χ1v) is 9.47. The molecule has 0 saturated carbocycles. The zero-order chi connectivity index (χ0) is 20.7. The van der Waals surface area contributed by atoms with Gasteiger partial charge in [0, 0.05) is 17.1 Å². The summed E-state index contributed by atoms with van der Waals surface area (Å²) in [6.45, 7) is 2.32. The molecule has 0 saturated heterocycles. The first-order chi connectivity index (χ1) is 14.6. The van der Waals surface area contributed by atoms with Crippen molar-refractivity contribution in [1.29, 1.82) is 0 Å². The molecule has 0 unspecified atom stereocenters. The zero-order valence-corrected chi connectivity index (χ0v) is 16.1. The number of carboxylic acids is 1. The second-order valence-corrected chi connectivity index (χ2v) is 7.15. The molecule has 5 aromatic rings. The Hall–Kier alpha value is -4.13. The highest BCUT2D eigenvalue weighted by Crippen LogP contribution is 2.23. The Morgan fingerprint density at radius 1 is 1.03 bits per heavy atom. The standard InChI is InChI=1S/C23H17N5O2/c1-14-11-17(5-6-18(14)23(29)30)20-8-9-21-22(25-20)28(27-26-21)13-15-4-7-19-16(12-15)3-2-10-24-19/h2-12H,13H2,1H3,(H,29,30). The number of hydrogen-bond donors (Lipinski definition) is 1. The summed E-state index contributed by atoms with van der Waals surface area (Å²) >= 11 is 0. The number of pyridine rings is 2. The van der Waals surface area contributed by atoms with E-state index in [1.807, 2.05) is 42.5 Å². The normalized spacial score (nSPS) is 11.2. The highest BCUT2D eigenvalue weighted by Gasteiger charge is 2.12. The van der Waals surface area contributed by atoms with E-state index in [2.05, 4.69) is 21.4 Å². The van der Waals surface area contributed by atoms with Gasteiger partial charge in [-0.25, -0.2) is 14.5 Å². The summed E-state index contributed by atoms with van der Waals surface area (Å²) in [6, 6.07) is 19.0. The van der Waals surface area contributed by atoms with E-state index in [1.165, 1.54) is 0 Å². The van der Waals surface area contributed by atoms with Gasteiger partial charge in [-0.05, 0) is 60.5 Å². The van der Waals surface area contributed by atoms with Crippen LogP contribution in [0.15, 0.2) is 66.9 Å². The number of aryl methyl sites for hydroxylation is 1. The average Bonchev–Trinajstić information content (AvgIpc) is 3.15. The zero-order valence-electron chi connectivity index (χ0n) is 16.1. The quantitative estimate of drug-likeness (QED) is 0.492. The molecule has 0 amide bonds. The molecule has 0 spiro atoms. The Bertz CT molecular complexity index is 1420. The van der Waals surface area contributed by atoms with Gasteiger partial charge in [-0.3, -0.25) is 4.98 Å². The van der Waals surface area contributed by atoms with Crippen LogP contribution in [0.4, 0.5) is 0 Å². The van der Waals surface area contributed by atoms with Crippen LogP contribution in [0.5, 0.6) is 0 Å². The van der Waals surface area contributed by atoms with Crippen LogP contribution in [0.3, 0.4) is 0 Å². The topological polar surface area (TPSA) is 93.8 Å². The van der Waals surface area contributed by atoms with Crippen LogP contribution < -0.4 is 0 Å². The predicted molar refractivity (Wildman–Crippen MR) is 113 cm³/mol. The van der Waals surface area contributed by atoms with Crippen molar-refractivity contribution in [3.8, 4) is 11.3 Å². The van der Waals surface area contributed by atoms with Crippen LogP contribution in [-0.4, -0.2) is 36.0 Å². The van der Waals surface area contributed by atoms with Crippen molar-refractivity contribution in [2.24, 2.45) is 0 Å². The Morgan fingerprint density at radius 2 is 1.90 bits per heavy atom. The van der Waals surface area contributed by atoms with Crippen LogP contribution >= 0.6 is 0 Å². The predicted octanol–water partition coefficient (Wildman–Crippen LogP) is 4.10. The fraction of sp³-hybridized carbons (Fsp3) is 0.0870. The van der Waals surface area contributed by atoms with Crippen LogP contribution in [0, 0.1) is 6.92 Å². The largest absolute Gasteiger partial charge is 0.478 e. The van der Waals surface area contributed by atoms with Crippen molar-refractivity contribution < 1.29 is 9.90 Å². The number of aromatic nitrogens is 5. The van der Waals surface area contributed by atoms with Crippen LogP contribution in [0.25, 0.3) is 33.3 Å². The molecule has 30 heavy (non-hydrogen) atoms. The van der Waals surface area contributed by atoms with Gasteiger partial charge in [0.05, 0.1) is 23.3 Å². The van der Waals surface area contributed by atoms with Crippen molar-refractivity contribution in [1.82, 2.24) is 25.0 Å².